The topological polar surface area (TPSA) is 126 Å². The number of likely N-dealkylation sites (tertiary alicyclic amines) is 1. The number of rotatable bonds is 7. The molecule has 1 aliphatic rings. The zero-order valence-corrected chi connectivity index (χ0v) is 19.8. The van der Waals surface area contributed by atoms with Gasteiger partial charge in [0.15, 0.2) is 0 Å². The zero-order chi connectivity index (χ0) is 24.2. The lowest BCUT2D eigenvalue weighted by atomic mass is 9.90. The second-order valence-corrected chi connectivity index (χ2v) is 8.87. The normalized spacial score (nSPS) is 17.2. The minimum atomic E-state index is -0.543. The van der Waals surface area contributed by atoms with Crippen LogP contribution in [0, 0.1) is 18.3 Å². The highest BCUT2D eigenvalue weighted by atomic mass is 16.1. The van der Waals surface area contributed by atoms with Gasteiger partial charge in [0.25, 0.3) is 0 Å². The van der Waals surface area contributed by atoms with Gasteiger partial charge >= 0.3 is 0 Å². The Morgan fingerprint density at radius 1 is 1.38 bits per heavy atom. The molecule has 176 valence electrons. The van der Waals surface area contributed by atoms with Crippen molar-refractivity contribution in [3.63, 3.8) is 0 Å². The fraction of sp³-hybridized carbons (Fsp3) is 0.400. The number of anilines is 2. The molecule has 1 saturated heterocycles. The minimum Gasteiger partial charge on any atom is -0.366 e. The molecule has 1 unspecified atom stereocenters. The van der Waals surface area contributed by atoms with Gasteiger partial charge in [-0.25, -0.2) is 9.97 Å². The third-order valence-electron chi connectivity index (χ3n) is 6.33. The van der Waals surface area contributed by atoms with Crippen LogP contribution in [0.3, 0.4) is 0 Å². The van der Waals surface area contributed by atoms with Crippen molar-refractivity contribution >= 4 is 17.5 Å². The van der Waals surface area contributed by atoms with Gasteiger partial charge in [0.2, 0.25) is 11.9 Å². The van der Waals surface area contributed by atoms with E-state index in [4.69, 9.17) is 10.7 Å². The third kappa shape index (κ3) is 4.92. The lowest BCUT2D eigenvalue weighted by Gasteiger charge is -2.29. The van der Waals surface area contributed by atoms with Crippen LogP contribution in [0.1, 0.15) is 59.6 Å². The standard InChI is InChI=1S/C25H30N8O/c1-4-17(11-26)22-10-18(7-8-21(22)24(27)34)23-16(2)12-28-25(31-23)30-19-13-29-33(14-19)20-6-5-9-32(3)15-20/h7-8,10,12-14,17,20H,4-6,9,15H2,1-3H3,(H2,27,34)(H,28,30,31)/t17-,20?/m1/s1. The molecule has 0 aliphatic carbocycles. The summed E-state index contributed by atoms with van der Waals surface area (Å²) >= 11 is 0. The molecule has 1 aromatic carbocycles. The van der Waals surface area contributed by atoms with Crippen molar-refractivity contribution in [2.75, 3.05) is 25.5 Å². The lowest BCUT2D eigenvalue weighted by Crippen LogP contribution is -2.33. The predicted molar refractivity (Wildman–Crippen MR) is 131 cm³/mol. The summed E-state index contributed by atoms with van der Waals surface area (Å²) in [6, 6.07) is 7.95. The molecule has 34 heavy (non-hydrogen) atoms. The van der Waals surface area contributed by atoms with Crippen molar-refractivity contribution in [2.24, 2.45) is 5.73 Å². The number of carbonyl (C=O) groups is 1. The second kappa shape index (κ2) is 10.0. The molecule has 2 aromatic heterocycles. The van der Waals surface area contributed by atoms with Crippen LogP contribution in [-0.2, 0) is 0 Å². The molecule has 0 radical (unpaired) electrons. The summed E-state index contributed by atoms with van der Waals surface area (Å²) in [7, 11) is 2.14. The second-order valence-electron chi connectivity index (χ2n) is 8.87. The largest absolute Gasteiger partial charge is 0.366 e. The van der Waals surface area contributed by atoms with Crippen LogP contribution in [-0.4, -0.2) is 50.7 Å². The van der Waals surface area contributed by atoms with E-state index in [9.17, 15) is 10.1 Å². The molecule has 2 atom stereocenters. The van der Waals surface area contributed by atoms with Gasteiger partial charge in [0, 0.05) is 30.1 Å². The van der Waals surface area contributed by atoms with Crippen LogP contribution in [0.15, 0.2) is 36.8 Å². The summed E-state index contributed by atoms with van der Waals surface area (Å²) in [5.41, 5.74) is 9.78. The zero-order valence-electron chi connectivity index (χ0n) is 19.8. The highest BCUT2D eigenvalue weighted by Gasteiger charge is 2.21. The van der Waals surface area contributed by atoms with Crippen LogP contribution in [0.5, 0.6) is 0 Å². The number of nitrogens with one attached hydrogen (secondary N) is 1. The number of hydrogen-bond donors (Lipinski definition) is 2. The monoisotopic (exact) mass is 458 g/mol. The van der Waals surface area contributed by atoms with E-state index in [0.29, 0.717) is 29.5 Å². The highest BCUT2D eigenvalue weighted by Crippen LogP contribution is 2.30. The molecule has 0 saturated carbocycles. The molecule has 0 spiro atoms. The van der Waals surface area contributed by atoms with Gasteiger partial charge < -0.3 is 16.0 Å². The Kier molecular flexibility index (Phi) is 6.89. The summed E-state index contributed by atoms with van der Waals surface area (Å²) in [6.07, 6.45) is 8.39. The molecular weight excluding hydrogens is 428 g/mol. The Hall–Kier alpha value is -3.77. The van der Waals surface area contributed by atoms with E-state index in [2.05, 4.69) is 33.4 Å². The first-order valence-corrected chi connectivity index (χ1v) is 11.6. The summed E-state index contributed by atoms with van der Waals surface area (Å²) in [5.74, 6) is -0.515. The van der Waals surface area contributed by atoms with Crippen molar-refractivity contribution in [3.05, 3.63) is 53.5 Å². The van der Waals surface area contributed by atoms with Crippen LogP contribution in [0.4, 0.5) is 11.6 Å². The van der Waals surface area contributed by atoms with Gasteiger partial charge in [-0.15, -0.1) is 0 Å². The molecular formula is C25H30N8O. The molecule has 3 heterocycles. The maximum Gasteiger partial charge on any atom is 0.249 e. The fourth-order valence-electron chi connectivity index (χ4n) is 4.48. The number of nitrogens with zero attached hydrogens (tertiary/aromatic N) is 6. The quantitative estimate of drug-likeness (QED) is 0.552. The summed E-state index contributed by atoms with van der Waals surface area (Å²) in [4.78, 5) is 23.4. The van der Waals surface area contributed by atoms with E-state index >= 15 is 0 Å². The number of likely N-dealkylation sites (N-methyl/N-ethyl adjacent to an activating group) is 1. The number of aromatic nitrogens is 4. The Bertz CT molecular complexity index is 1230. The van der Waals surface area contributed by atoms with Gasteiger partial charge in [0.05, 0.1) is 35.6 Å². The van der Waals surface area contributed by atoms with Gasteiger partial charge in [-0.1, -0.05) is 13.0 Å². The first-order valence-electron chi connectivity index (χ1n) is 11.6. The first-order chi connectivity index (χ1) is 16.4. The number of hydrogen-bond acceptors (Lipinski definition) is 7. The van der Waals surface area contributed by atoms with Gasteiger partial charge in [-0.2, -0.15) is 10.4 Å². The Morgan fingerprint density at radius 3 is 2.91 bits per heavy atom. The van der Waals surface area contributed by atoms with E-state index < -0.39 is 11.8 Å². The summed E-state index contributed by atoms with van der Waals surface area (Å²) in [5, 5.41) is 17.4. The number of carbonyl (C=O) groups excluding carboxylic acids is 1. The van der Waals surface area contributed by atoms with Crippen molar-refractivity contribution in [1.29, 1.82) is 5.26 Å². The smallest absolute Gasteiger partial charge is 0.249 e. The molecule has 4 rings (SSSR count). The molecule has 9 nitrogen and oxygen atoms in total. The molecule has 0 bridgehead atoms. The summed E-state index contributed by atoms with van der Waals surface area (Å²) in [6.45, 7) is 5.95. The molecule has 3 N–H and O–H groups in total. The van der Waals surface area contributed by atoms with Crippen LogP contribution in [0.25, 0.3) is 11.3 Å². The first kappa shape index (κ1) is 23.4. The molecule has 1 fully saturated rings. The molecule has 3 aromatic rings. The average Bonchev–Trinajstić information content (AvgIpc) is 3.29. The van der Waals surface area contributed by atoms with E-state index in [1.54, 1.807) is 18.5 Å². The number of aryl methyl sites for hydroxylation is 1. The minimum absolute atomic E-state index is 0.359. The number of primary amides is 1. The van der Waals surface area contributed by atoms with Crippen molar-refractivity contribution in [1.82, 2.24) is 24.6 Å². The van der Waals surface area contributed by atoms with Crippen LogP contribution < -0.4 is 11.1 Å². The predicted octanol–water partition coefficient (Wildman–Crippen LogP) is 3.77. The van der Waals surface area contributed by atoms with Gasteiger partial charge in [-0.05, 0) is 63.0 Å². The van der Waals surface area contributed by atoms with E-state index in [0.717, 1.165) is 48.4 Å². The number of piperidine rings is 1. The number of nitriles is 1. The third-order valence-corrected chi connectivity index (χ3v) is 6.33. The molecule has 9 heteroatoms. The molecule has 1 aliphatic heterocycles. The molecule has 1 amide bonds. The van der Waals surface area contributed by atoms with E-state index in [1.165, 1.54) is 0 Å². The maximum atomic E-state index is 11.9. The Labute approximate surface area is 199 Å². The SMILES string of the molecule is CC[C@H](C#N)c1cc(-c2nc(Nc3cnn(C4CCCN(C)C4)c3)ncc2C)ccc1C(N)=O. The maximum absolute atomic E-state index is 11.9. The van der Waals surface area contributed by atoms with Gasteiger partial charge in [-0.3, -0.25) is 9.48 Å². The summed E-state index contributed by atoms with van der Waals surface area (Å²) < 4.78 is 2.01. The van der Waals surface area contributed by atoms with Crippen molar-refractivity contribution < 1.29 is 4.79 Å². The Balaban J connectivity index is 1.61. The number of amides is 1. The van der Waals surface area contributed by atoms with Crippen molar-refractivity contribution in [2.45, 2.75) is 45.1 Å². The fourth-order valence-corrected chi connectivity index (χ4v) is 4.48. The van der Waals surface area contributed by atoms with E-state index in [-0.39, 0.29) is 0 Å². The van der Waals surface area contributed by atoms with Gasteiger partial charge in [0.1, 0.15) is 0 Å². The van der Waals surface area contributed by atoms with Crippen LogP contribution >= 0.6 is 0 Å². The van der Waals surface area contributed by atoms with E-state index in [1.807, 2.05) is 36.9 Å². The number of nitrogens with two attached hydrogens (primary N) is 1. The average molecular weight is 459 g/mol. The lowest BCUT2D eigenvalue weighted by molar-refractivity contribution is 0.0999. The number of benzene rings is 1. The Morgan fingerprint density at radius 2 is 2.21 bits per heavy atom. The van der Waals surface area contributed by atoms with Crippen LogP contribution in [0.2, 0.25) is 0 Å². The highest BCUT2D eigenvalue weighted by molar-refractivity contribution is 5.95. The van der Waals surface area contributed by atoms with Crippen molar-refractivity contribution in [3.8, 4) is 17.3 Å².